The van der Waals surface area contributed by atoms with Crippen LogP contribution >= 0.6 is 0 Å². The van der Waals surface area contributed by atoms with Crippen LogP contribution in [0.15, 0.2) is 82.1 Å². The molecule has 0 unspecified atom stereocenters. The number of nitrogens with zero attached hydrogens (tertiary/aromatic N) is 3. The van der Waals surface area contributed by atoms with Gasteiger partial charge in [0.2, 0.25) is 0 Å². The highest BCUT2D eigenvalue weighted by Crippen LogP contribution is 2.27. The zero-order chi connectivity index (χ0) is 28.9. The molecular weight excluding hydrogens is 532 g/mol. The predicted molar refractivity (Wildman–Crippen MR) is 148 cm³/mol. The van der Waals surface area contributed by atoms with E-state index >= 15 is 0 Å². The van der Waals surface area contributed by atoms with Crippen molar-refractivity contribution < 1.29 is 27.9 Å². The first kappa shape index (κ1) is 27.9. The predicted octanol–water partition coefficient (Wildman–Crippen LogP) is 6.39. The molecule has 210 valence electrons. The van der Waals surface area contributed by atoms with E-state index in [0.717, 1.165) is 5.56 Å². The largest absolute Gasteiger partial charge is 0.481 e. The number of aromatic nitrogens is 3. The van der Waals surface area contributed by atoms with Gasteiger partial charge in [0.05, 0.1) is 23.2 Å². The Labute approximate surface area is 233 Å². The van der Waals surface area contributed by atoms with Gasteiger partial charge in [-0.1, -0.05) is 23.4 Å². The van der Waals surface area contributed by atoms with Crippen LogP contribution < -0.4 is 5.56 Å². The highest BCUT2D eigenvalue weighted by atomic mass is 19.1. The minimum Gasteiger partial charge on any atom is -0.481 e. The summed E-state index contributed by atoms with van der Waals surface area (Å²) in [5.41, 5.74) is 2.64. The molecule has 0 spiro atoms. The average molecular weight is 560 g/mol. The number of rotatable bonds is 11. The van der Waals surface area contributed by atoms with E-state index in [4.69, 9.17) is 19.4 Å². The second kappa shape index (κ2) is 12.2. The highest BCUT2D eigenvalue weighted by molar-refractivity contribution is 5.83. The minimum atomic E-state index is -0.890. The summed E-state index contributed by atoms with van der Waals surface area (Å²) in [6, 6.07) is 18.5. The topological polar surface area (TPSA) is 107 Å². The number of carboxylic acids is 1. The van der Waals surface area contributed by atoms with Crippen molar-refractivity contribution >= 4 is 16.9 Å². The van der Waals surface area contributed by atoms with Crippen molar-refractivity contribution in [2.45, 2.75) is 45.3 Å². The molecule has 0 saturated heterocycles. The molecule has 0 radical (unpaired) electrons. The molecule has 5 rings (SSSR count). The van der Waals surface area contributed by atoms with E-state index in [0.29, 0.717) is 58.7 Å². The molecule has 0 bridgehead atoms. The number of carboxylic acid groups (broad SMARTS) is 1. The van der Waals surface area contributed by atoms with Crippen LogP contribution in [0.3, 0.4) is 0 Å². The van der Waals surface area contributed by atoms with Crippen LogP contribution in [0.25, 0.3) is 27.8 Å². The van der Waals surface area contributed by atoms with Crippen LogP contribution in [0.5, 0.6) is 0 Å². The third-order valence-electron chi connectivity index (χ3n) is 6.70. The molecule has 0 saturated carbocycles. The summed E-state index contributed by atoms with van der Waals surface area (Å²) in [4.78, 5) is 29.3. The first-order valence-electron chi connectivity index (χ1n) is 13.1. The number of unbranched alkanes of at least 4 members (excludes halogenated alkanes) is 1. The molecule has 2 aromatic heterocycles. The number of hydrogen-bond donors (Lipinski definition) is 1. The summed E-state index contributed by atoms with van der Waals surface area (Å²) in [6.07, 6.45) is 0.889. The van der Waals surface area contributed by atoms with Crippen molar-refractivity contribution in [3.63, 3.8) is 0 Å². The molecule has 2 heterocycles. The molecule has 0 amide bonds. The van der Waals surface area contributed by atoms with Gasteiger partial charge in [-0.2, -0.15) is 0 Å². The van der Waals surface area contributed by atoms with Gasteiger partial charge in [0.25, 0.3) is 5.56 Å². The van der Waals surface area contributed by atoms with E-state index in [9.17, 15) is 18.4 Å². The Morgan fingerprint density at radius 3 is 2.41 bits per heavy atom. The Morgan fingerprint density at radius 2 is 1.71 bits per heavy atom. The molecule has 5 aromatic rings. The number of fused-ring (bicyclic) bond motifs is 1. The minimum absolute atomic E-state index is 0.0129. The van der Waals surface area contributed by atoms with Gasteiger partial charge in [-0.3, -0.25) is 14.2 Å². The van der Waals surface area contributed by atoms with E-state index in [2.05, 4.69) is 5.16 Å². The maximum absolute atomic E-state index is 13.6. The fraction of sp³-hybridized carbons (Fsp3) is 0.226. The molecule has 0 aliphatic heterocycles. The smallest absolute Gasteiger partial charge is 0.303 e. The molecule has 8 nitrogen and oxygen atoms in total. The third kappa shape index (κ3) is 6.55. The average Bonchev–Trinajstić information content (AvgIpc) is 3.46. The third-order valence-corrected chi connectivity index (χ3v) is 6.70. The van der Waals surface area contributed by atoms with Gasteiger partial charge in [0.1, 0.15) is 29.3 Å². The van der Waals surface area contributed by atoms with Crippen molar-refractivity contribution in [2.24, 2.45) is 0 Å². The maximum Gasteiger partial charge on any atom is 0.303 e. The van der Waals surface area contributed by atoms with Crippen LogP contribution in [0.2, 0.25) is 0 Å². The lowest BCUT2D eigenvalue weighted by molar-refractivity contribution is -0.137. The van der Waals surface area contributed by atoms with Gasteiger partial charge in [0, 0.05) is 24.5 Å². The first-order valence-corrected chi connectivity index (χ1v) is 13.1. The Balaban J connectivity index is 1.42. The fourth-order valence-electron chi connectivity index (χ4n) is 4.48. The fourth-order valence-corrected chi connectivity index (χ4v) is 4.48. The van der Waals surface area contributed by atoms with Gasteiger partial charge in [0.15, 0.2) is 5.76 Å². The maximum atomic E-state index is 13.6. The molecule has 10 heteroatoms. The van der Waals surface area contributed by atoms with Crippen molar-refractivity contribution in [1.29, 1.82) is 0 Å². The molecule has 0 aliphatic carbocycles. The van der Waals surface area contributed by atoms with Crippen LogP contribution in [0.1, 0.15) is 49.4 Å². The first-order chi connectivity index (χ1) is 19.8. The van der Waals surface area contributed by atoms with Crippen LogP contribution in [0, 0.1) is 11.6 Å². The van der Waals surface area contributed by atoms with E-state index in [1.54, 1.807) is 36.4 Å². The summed E-state index contributed by atoms with van der Waals surface area (Å²) in [7, 11) is 0. The van der Waals surface area contributed by atoms with Gasteiger partial charge in [-0.25, -0.2) is 13.8 Å². The zero-order valence-corrected chi connectivity index (χ0v) is 22.2. The SMILES string of the molecule is C[C@@H](OCc1ccc(F)cc1)c1cc(-c2ccc3c(=O)n(-c4ccc(F)cc4)c(CCCCC(=O)O)nc3c2)no1. The lowest BCUT2D eigenvalue weighted by atomic mass is 10.1. The van der Waals surface area contributed by atoms with E-state index < -0.39 is 17.9 Å². The standard InChI is InChI=1S/C31H27F2N3O5/c1-19(40-18-20-6-9-22(32)10-7-20)28-17-26(35-41-28)21-8-15-25-27(16-21)34-29(4-2-3-5-30(37)38)36(31(25)39)24-13-11-23(33)12-14-24/h6-17,19H,2-5,18H2,1H3,(H,37,38)/t19-/m1/s1. The van der Waals surface area contributed by atoms with E-state index in [-0.39, 0.29) is 24.4 Å². The summed E-state index contributed by atoms with van der Waals surface area (Å²) >= 11 is 0. The lowest BCUT2D eigenvalue weighted by Crippen LogP contribution is -2.24. The molecule has 0 fully saturated rings. The van der Waals surface area contributed by atoms with Gasteiger partial charge in [-0.15, -0.1) is 0 Å². The number of aryl methyl sites for hydroxylation is 1. The van der Waals surface area contributed by atoms with Crippen LogP contribution in [0.4, 0.5) is 8.78 Å². The van der Waals surface area contributed by atoms with E-state index in [1.165, 1.54) is 41.0 Å². The number of hydrogen-bond acceptors (Lipinski definition) is 6. The second-order valence-corrected chi connectivity index (χ2v) is 9.67. The highest BCUT2D eigenvalue weighted by Gasteiger charge is 2.17. The van der Waals surface area contributed by atoms with E-state index in [1.807, 2.05) is 6.92 Å². The quantitative estimate of drug-likeness (QED) is 0.187. The molecule has 3 aromatic carbocycles. The molecule has 41 heavy (non-hydrogen) atoms. The monoisotopic (exact) mass is 559 g/mol. The molecule has 1 atom stereocenters. The Hall–Kier alpha value is -4.70. The number of aliphatic carboxylic acids is 1. The second-order valence-electron chi connectivity index (χ2n) is 9.67. The molecule has 1 N–H and O–H groups in total. The van der Waals surface area contributed by atoms with Crippen molar-refractivity contribution in [3.8, 4) is 16.9 Å². The summed E-state index contributed by atoms with van der Waals surface area (Å²) < 4.78 is 39.5. The normalized spacial score (nSPS) is 12.1. The van der Waals surface area contributed by atoms with Crippen molar-refractivity contribution in [2.75, 3.05) is 0 Å². The molecular formula is C31H27F2N3O5. The number of ether oxygens (including phenoxy) is 1. The Kier molecular flexibility index (Phi) is 8.30. The number of carbonyl (C=O) groups is 1. The molecule has 0 aliphatic rings. The van der Waals surface area contributed by atoms with Gasteiger partial charge in [-0.05, 0) is 73.9 Å². The lowest BCUT2D eigenvalue weighted by Gasteiger charge is -2.14. The zero-order valence-electron chi connectivity index (χ0n) is 22.2. The summed E-state index contributed by atoms with van der Waals surface area (Å²) in [5.74, 6) is -0.683. The number of benzene rings is 3. The van der Waals surface area contributed by atoms with Crippen molar-refractivity contribution in [3.05, 3.63) is 112 Å². The summed E-state index contributed by atoms with van der Waals surface area (Å²) in [5, 5.41) is 13.5. The van der Waals surface area contributed by atoms with Gasteiger partial charge >= 0.3 is 5.97 Å². The number of halogens is 2. The van der Waals surface area contributed by atoms with Gasteiger partial charge < -0.3 is 14.4 Å². The Bertz CT molecular complexity index is 1730. The van der Waals surface area contributed by atoms with Crippen LogP contribution in [-0.2, 0) is 22.6 Å². The van der Waals surface area contributed by atoms with Crippen molar-refractivity contribution in [1.82, 2.24) is 14.7 Å². The summed E-state index contributed by atoms with van der Waals surface area (Å²) in [6.45, 7) is 2.09. The van der Waals surface area contributed by atoms with Crippen LogP contribution in [-0.4, -0.2) is 25.8 Å². The Morgan fingerprint density at radius 1 is 1.00 bits per heavy atom.